The molecule has 0 saturated heterocycles. The lowest BCUT2D eigenvalue weighted by atomic mass is 9.88. The summed E-state index contributed by atoms with van der Waals surface area (Å²) < 4.78 is 4.94. The van der Waals surface area contributed by atoms with Gasteiger partial charge in [0.15, 0.2) is 0 Å². The number of nitrogens with zero attached hydrogens (tertiary/aromatic N) is 1. The molecule has 1 aromatic rings. The second-order valence-corrected chi connectivity index (χ2v) is 6.40. The molecular formula is C18H24N2O3. The summed E-state index contributed by atoms with van der Waals surface area (Å²) in [6, 6.07) is 5.85. The Balaban J connectivity index is 1.71. The summed E-state index contributed by atoms with van der Waals surface area (Å²) in [7, 11) is 1.52. The predicted molar refractivity (Wildman–Crippen MR) is 89.6 cm³/mol. The smallest absolute Gasteiger partial charge is 0.252 e. The molecule has 1 aliphatic carbocycles. The zero-order valence-electron chi connectivity index (χ0n) is 13.6. The standard InChI is InChI=1S/C18H24N2O3/c1-23-12-17(21)20-10-9-13-7-8-15(11-16(13)20)19-18(22)14-5-3-2-4-6-14/h7-8,11,14H,2-6,9-10,12H2,1H3,(H,19,22). The van der Waals surface area contributed by atoms with Crippen LogP contribution in [-0.2, 0) is 20.7 Å². The highest BCUT2D eigenvalue weighted by Gasteiger charge is 2.26. The fraction of sp³-hybridized carbons (Fsp3) is 0.556. The molecule has 1 heterocycles. The van der Waals surface area contributed by atoms with Crippen LogP contribution in [0.2, 0.25) is 0 Å². The Morgan fingerprint density at radius 2 is 2.04 bits per heavy atom. The van der Waals surface area contributed by atoms with E-state index in [-0.39, 0.29) is 24.3 Å². The van der Waals surface area contributed by atoms with Gasteiger partial charge in [-0.2, -0.15) is 0 Å². The molecule has 1 fully saturated rings. The molecule has 0 bridgehead atoms. The normalized spacial score (nSPS) is 17.9. The van der Waals surface area contributed by atoms with E-state index in [1.807, 2.05) is 18.2 Å². The van der Waals surface area contributed by atoms with Crippen LogP contribution >= 0.6 is 0 Å². The molecule has 1 aromatic carbocycles. The second-order valence-electron chi connectivity index (χ2n) is 6.40. The van der Waals surface area contributed by atoms with Crippen LogP contribution in [-0.4, -0.2) is 32.1 Å². The van der Waals surface area contributed by atoms with E-state index < -0.39 is 0 Å². The Hall–Kier alpha value is -1.88. The monoisotopic (exact) mass is 316 g/mol. The minimum atomic E-state index is -0.0398. The van der Waals surface area contributed by atoms with E-state index in [4.69, 9.17) is 4.74 Å². The van der Waals surface area contributed by atoms with Crippen molar-refractivity contribution in [3.05, 3.63) is 23.8 Å². The molecule has 0 unspecified atom stereocenters. The van der Waals surface area contributed by atoms with Crippen LogP contribution in [0.1, 0.15) is 37.7 Å². The zero-order valence-corrected chi connectivity index (χ0v) is 13.6. The van der Waals surface area contributed by atoms with Gasteiger partial charge in [0.05, 0.1) is 0 Å². The largest absolute Gasteiger partial charge is 0.375 e. The van der Waals surface area contributed by atoms with E-state index >= 15 is 0 Å². The third-order valence-corrected chi connectivity index (χ3v) is 4.79. The Bertz CT molecular complexity index is 594. The minimum Gasteiger partial charge on any atom is -0.375 e. The van der Waals surface area contributed by atoms with E-state index in [9.17, 15) is 9.59 Å². The summed E-state index contributed by atoms with van der Waals surface area (Å²) in [5.41, 5.74) is 2.81. The van der Waals surface area contributed by atoms with Crippen molar-refractivity contribution in [2.24, 2.45) is 5.92 Å². The Kier molecular flexibility index (Phi) is 4.96. The third kappa shape index (κ3) is 3.55. The number of nitrogens with one attached hydrogen (secondary N) is 1. The lowest BCUT2D eigenvalue weighted by Crippen LogP contribution is -2.32. The topological polar surface area (TPSA) is 58.6 Å². The van der Waals surface area contributed by atoms with Crippen LogP contribution in [0.15, 0.2) is 18.2 Å². The van der Waals surface area contributed by atoms with Gasteiger partial charge in [-0.05, 0) is 37.0 Å². The SMILES string of the molecule is COCC(=O)N1CCc2ccc(NC(=O)C3CCCCC3)cc21. The summed E-state index contributed by atoms with van der Waals surface area (Å²) in [5, 5.41) is 3.02. The molecule has 124 valence electrons. The number of carbonyl (C=O) groups is 2. The molecule has 3 rings (SSSR count). The highest BCUT2D eigenvalue weighted by atomic mass is 16.5. The summed E-state index contributed by atoms with van der Waals surface area (Å²) >= 11 is 0. The van der Waals surface area contributed by atoms with Gasteiger partial charge in [-0.1, -0.05) is 25.3 Å². The fourth-order valence-corrected chi connectivity index (χ4v) is 3.53. The van der Waals surface area contributed by atoms with Crippen LogP contribution in [0.4, 0.5) is 11.4 Å². The molecule has 2 amide bonds. The average molecular weight is 316 g/mol. The molecule has 2 aliphatic rings. The Morgan fingerprint density at radius 1 is 1.26 bits per heavy atom. The van der Waals surface area contributed by atoms with Crippen LogP contribution in [0.5, 0.6) is 0 Å². The molecule has 1 saturated carbocycles. The molecule has 0 radical (unpaired) electrons. The second kappa shape index (κ2) is 7.13. The maximum atomic E-state index is 12.4. The summed E-state index contributed by atoms with van der Waals surface area (Å²) in [6.07, 6.45) is 6.33. The van der Waals surface area contributed by atoms with Gasteiger partial charge < -0.3 is 15.0 Å². The first kappa shape index (κ1) is 16.0. The number of hydrogen-bond acceptors (Lipinski definition) is 3. The van der Waals surface area contributed by atoms with Crippen molar-refractivity contribution in [3.8, 4) is 0 Å². The average Bonchev–Trinajstić information content (AvgIpc) is 2.99. The Labute approximate surface area is 137 Å². The lowest BCUT2D eigenvalue weighted by Gasteiger charge is -2.21. The van der Waals surface area contributed by atoms with Crippen molar-refractivity contribution in [1.82, 2.24) is 0 Å². The van der Waals surface area contributed by atoms with E-state index in [1.54, 1.807) is 4.90 Å². The lowest BCUT2D eigenvalue weighted by molar-refractivity contribution is -0.122. The number of rotatable bonds is 4. The first-order valence-corrected chi connectivity index (χ1v) is 8.42. The van der Waals surface area contributed by atoms with Crippen LogP contribution < -0.4 is 10.2 Å². The number of hydrogen-bond donors (Lipinski definition) is 1. The zero-order chi connectivity index (χ0) is 16.2. The number of ether oxygens (including phenoxy) is 1. The maximum Gasteiger partial charge on any atom is 0.252 e. The van der Waals surface area contributed by atoms with Crippen molar-refractivity contribution >= 4 is 23.2 Å². The number of amides is 2. The van der Waals surface area contributed by atoms with Gasteiger partial charge in [0.1, 0.15) is 6.61 Å². The predicted octanol–water partition coefficient (Wildman–Crippen LogP) is 2.74. The van der Waals surface area contributed by atoms with E-state index in [2.05, 4.69) is 5.32 Å². The molecule has 1 N–H and O–H groups in total. The maximum absolute atomic E-state index is 12.4. The van der Waals surface area contributed by atoms with Crippen molar-refractivity contribution in [1.29, 1.82) is 0 Å². The molecule has 1 aliphatic heterocycles. The van der Waals surface area contributed by atoms with Gasteiger partial charge >= 0.3 is 0 Å². The summed E-state index contributed by atoms with van der Waals surface area (Å²) in [5.74, 6) is 0.197. The summed E-state index contributed by atoms with van der Waals surface area (Å²) in [4.78, 5) is 26.2. The molecule has 0 spiro atoms. The first-order chi connectivity index (χ1) is 11.2. The number of carbonyl (C=O) groups excluding carboxylic acids is 2. The van der Waals surface area contributed by atoms with E-state index in [1.165, 1.54) is 13.5 Å². The van der Waals surface area contributed by atoms with Crippen LogP contribution in [0.25, 0.3) is 0 Å². The highest BCUT2D eigenvalue weighted by Crippen LogP contribution is 2.32. The molecule has 5 heteroatoms. The molecule has 23 heavy (non-hydrogen) atoms. The van der Waals surface area contributed by atoms with Crippen molar-refractivity contribution < 1.29 is 14.3 Å². The van der Waals surface area contributed by atoms with Crippen molar-refractivity contribution in [3.63, 3.8) is 0 Å². The van der Waals surface area contributed by atoms with Gasteiger partial charge in [0.2, 0.25) is 5.91 Å². The van der Waals surface area contributed by atoms with Crippen LogP contribution in [0, 0.1) is 5.92 Å². The van der Waals surface area contributed by atoms with Gasteiger partial charge in [-0.3, -0.25) is 9.59 Å². The Morgan fingerprint density at radius 3 is 2.78 bits per heavy atom. The van der Waals surface area contributed by atoms with E-state index in [0.717, 1.165) is 49.0 Å². The number of benzene rings is 1. The van der Waals surface area contributed by atoms with Gasteiger partial charge in [0, 0.05) is 30.9 Å². The quantitative estimate of drug-likeness (QED) is 0.929. The molecular weight excluding hydrogens is 292 g/mol. The minimum absolute atomic E-state index is 0.0398. The fourth-order valence-electron chi connectivity index (χ4n) is 3.53. The van der Waals surface area contributed by atoms with Gasteiger partial charge in [-0.25, -0.2) is 0 Å². The number of fused-ring (bicyclic) bond motifs is 1. The van der Waals surface area contributed by atoms with E-state index in [0.29, 0.717) is 6.54 Å². The molecule has 5 nitrogen and oxygen atoms in total. The number of anilines is 2. The number of methoxy groups -OCH3 is 1. The van der Waals surface area contributed by atoms with Crippen molar-refractivity contribution in [2.45, 2.75) is 38.5 Å². The van der Waals surface area contributed by atoms with Gasteiger partial charge in [-0.15, -0.1) is 0 Å². The van der Waals surface area contributed by atoms with Crippen molar-refractivity contribution in [2.75, 3.05) is 30.5 Å². The summed E-state index contributed by atoms with van der Waals surface area (Å²) in [6.45, 7) is 0.760. The molecule has 0 aromatic heterocycles. The highest BCUT2D eigenvalue weighted by molar-refractivity contribution is 5.98. The third-order valence-electron chi connectivity index (χ3n) is 4.79. The molecule has 0 atom stereocenters. The van der Waals surface area contributed by atoms with Gasteiger partial charge in [0.25, 0.3) is 5.91 Å². The van der Waals surface area contributed by atoms with Crippen LogP contribution in [0.3, 0.4) is 0 Å². The first-order valence-electron chi connectivity index (χ1n) is 8.42.